The molecule has 22 heavy (non-hydrogen) atoms. The molecule has 1 fully saturated rings. The second-order valence-corrected chi connectivity index (χ2v) is 6.76. The fourth-order valence-electron chi connectivity index (χ4n) is 3.03. The summed E-state index contributed by atoms with van der Waals surface area (Å²) >= 11 is 6.05. The number of benzene rings is 1. The zero-order chi connectivity index (χ0) is 15.9. The van der Waals surface area contributed by atoms with Crippen molar-refractivity contribution in [1.82, 2.24) is 14.5 Å². The number of rotatable bonds is 2. The molecule has 0 spiro atoms. The van der Waals surface area contributed by atoms with Crippen LogP contribution in [0.2, 0.25) is 5.02 Å². The number of piperidine rings is 1. The van der Waals surface area contributed by atoms with Crippen molar-refractivity contribution in [2.45, 2.75) is 31.9 Å². The van der Waals surface area contributed by atoms with E-state index in [1.54, 1.807) is 12.1 Å². The molecular weight excluding hydrogens is 302 g/mol. The molecule has 1 aromatic heterocycles. The summed E-state index contributed by atoms with van der Waals surface area (Å²) in [5.41, 5.74) is 0.549. The fraction of sp³-hybridized carbons (Fsp3) is 0.500. The lowest BCUT2D eigenvalue weighted by Gasteiger charge is -2.36. The fourth-order valence-corrected chi connectivity index (χ4v) is 3.30. The summed E-state index contributed by atoms with van der Waals surface area (Å²) in [5.74, 6) is 0. The Bertz CT molecular complexity index is 764. The zero-order valence-corrected chi connectivity index (χ0v) is 13.6. The lowest BCUT2D eigenvalue weighted by molar-refractivity contribution is -0.0298. The van der Waals surface area contributed by atoms with Crippen LogP contribution in [-0.4, -0.2) is 45.3 Å². The third-order valence-electron chi connectivity index (χ3n) is 4.47. The third kappa shape index (κ3) is 2.89. The highest BCUT2D eigenvalue weighted by Gasteiger charge is 2.32. The van der Waals surface area contributed by atoms with Gasteiger partial charge in [-0.2, -0.15) is 0 Å². The third-order valence-corrected chi connectivity index (χ3v) is 4.68. The normalized spacial score (nSPS) is 18.7. The average molecular weight is 322 g/mol. The van der Waals surface area contributed by atoms with Crippen LogP contribution in [0.15, 0.2) is 23.3 Å². The maximum absolute atomic E-state index is 12.7. The van der Waals surface area contributed by atoms with E-state index in [1.165, 1.54) is 10.9 Å². The number of likely N-dealkylation sites (tertiary alicyclic amines) is 1. The van der Waals surface area contributed by atoms with E-state index in [0.717, 1.165) is 18.7 Å². The number of aliphatic hydroxyl groups is 1. The van der Waals surface area contributed by atoms with Crippen LogP contribution >= 0.6 is 11.6 Å². The molecular formula is C16H20ClN3O2. The van der Waals surface area contributed by atoms with Crippen LogP contribution in [0.3, 0.4) is 0 Å². The molecule has 3 rings (SSSR count). The second-order valence-electron chi connectivity index (χ2n) is 6.32. The minimum atomic E-state index is -0.848. The van der Waals surface area contributed by atoms with Crippen LogP contribution in [0, 0.1) is 6.92 Å². The van der Waals surface area contributed by atoms with Crippen molar-refractivity contribution in [3.05, 3.63) is 39.4 Å². The Labute approximate surface area is 134 Å². The molecule has 118 valence electrons. The number of aromatic nitrogens is 2. The van der Waals surface area contributed by atoms with Gasteiger partial charge in [-0.05, 0) is 44.5 Å². The monoisotopic (exact) mass is 321 g/mol. The molecule has 0 amide bonds. The van der Waals surface area contributed by atoms with Crippen molar-refractivity contribution in [3.63, 3.8) is 0 Å². The van der Waals surface area contributed by atoms with Crippen LogP contribution in [-0.2, 0) is 6.54 Å². The van der Waals surface area contributed by atoms with E-state index in [1.807, 2.05) is 14.0 Å². The first-order valence-corrected chi connectivity index (χ1v) is 7.82. The van der Waals surface area contributed by atoms with E-state index in [0.29, 0.717) is 28.8 Å². The van der Waals surface area contributed by atoms with Gasteiger partial charge in [0.15, 0.2) is 0 Å². The van der Waals surface area contributed by atoms with Crippen molar-refractivity contribution in [3.8, 4) is 0 Å². The van der Waals surface area contributed by atoms with Crippen molar-refractivity contribution < 1.29 is 5.11 Å². The molecule has 1 aromatic carbocycles. The van der Waals surface area contributed by atoms with Gasteiger partial charge in [-0.1, -0.05) is 11.6 Å². The Hall–Kier alpha value is -1.43. The molecule has 0 radical (unpaired) electrons. The van der Waals surface area contributed by atoms with Gasteiger partial charge in [0.05, 0.1) is 29.4 Å². The van der Waals surface area contributed by atoms with Gasteiger partial charge in [0.25, 0.3) is 5.56 Å². The maximum Gasteiger partial charge on any atom is 0.261 e. The summed E-state index contributed by atoms with van der Waals surface area (Å²) in [6.07, 6.45) is 2.84. The Morgan fingerprint density at radius 3 is 2.73 bits per heavy atom. The minimum Gasteiger partial charge on any atom is -0.388 e. The van der Waals surface area contributed by atoms with Gasteiger partial charge in [0.2, 0.25) is 0 Å². The maximum atomic E-state index is 12.7. The lowest BCUT2D eigenvalue weighted by Crippen LogP contribution is -2.47. The topological polar surface area (TPSA) is 58.4 Å². The number of halogens is 1. The summed E-state index contributed by atoms with van der Waals surface area (Å²) in [5, 5.41) is 11.7. The highest BCUT2D eigenvalue weighted by atomic mass is 35.5. The van der Waals surface area contributed by atoms with Crippen molar-refractivity contribution >= 4 is 22.5 Å². The number of fused-ring (bicyclic) bond motifs is 1. The predicted octanol–water partition coefficient (Wildman–Crippen LogP) is 1.82. The van der Waals surface area contributed by atoms with E-state index in [-0.39, 0.29) is 12.1 Å². The van der Waals surface area contributed by atoms with Gasteiger partial charge in [-0.25, -0.2) is 4.98 Å². The van der Waals surface area contributed by atoms with Gasteiger partial charge >= 0.3 is 0 Å². The number of hydrogen-bond acceptors (Lipinski definition) is 4. The van der Waals surface area contributed by atoms with Crippen LogP contribution in [0.25, 0.3) is 10.9 Å². The SMILES string of the molecule is Cc1cc(Cl)cc2c(=O)n(CC3(O)CCN(C)CC3)cnc12. The zero-order valence-electron chi connectivity index (χ0n) is 12.8. The summed E-state index contributed by atoms with van der Waals surface area (Å²) < 4.78 is 1.50. The lowest BCUT2D eigenvalue weighted by atomic mass is 9.91. The molecule has 0 unspecified atom stereocenters. The first-order chi connectivity index (χ1) is 10.4. The van der Waals surface area contributed by atoms with Crippen LogP contribution < -0.4 is 5.56 Å². The quantitative estimate of drug-likeness (QED) is 0.916. The first-order valence-electron chi connectivity index (χ1n) is 7.44. The minimum absolute atomic E-state index is 0.150. The van der Waals surface area contributed by atoms with E-state index in [4.69, 9.17) is 11.6 Å². The van der Waals surface area contributed by atoms with Gasteiger partial charge in [0, 0.05) is 18.1 Å². The molecule has 0 bridgehead atoms. The number of hydrogen-bond donors (Lipinski definition) is 1. The van der Waals surface area contributed by atoms with E-state index >= 15 is 0 Å². The van der Waals surface area contributed by atoms with Gasteiger partial charge < -0.3 is 10.0 Å². The largest absolute Gasteiger partial charge is 0.388 e. The second kappa shape index (κ2) is 5.65. The molecule has 1 aliphatic rings. The van der Waals surface area contributed by atoms with E-state index < -0.39 is 5.60 Å². The standard InChI is InChI=1S/C16H20ClN3O2/c1-11-7-12(17)8-13-14(11)18-10-20(15(13)21)9-16(22)3-5-19(2)6-4-16/h7-8,10,22H,3-6,9H2,1-2H3. The van der Waals surface area contributed by atoms with Crippen molar-refractivity contribution in [1.29, 1.82) is 0 Å². The number of nitrogens with zero attached hydrogens (tertiary/aromatic N) is 3. The molecule has 1 N–H and O–H groups in total. The molecule has 2 aromatic rings. The Balaban J connectivity index is 1.98. The molecule has 1 saturated heterocycles. The molecule has 0 saturated carbocycles. The molecule has 1 aliphatic heterocycles. The van der Waals surface area contributed by atoms with Crippen LogP contribution in [0.1, 0.15) is 18.4 Å². The van der Waals surface area contributed by atoms with E-state index in [2.05, 4.69) is 9.88 Å². The summed E-state index contributed by atoms with van der Waals surface area (Å²) in [4.78, 5) is 19.2. The van der Waals surface area contributed by atoms with Crippen molar-refractivity contribution in [2.75, 3.05) is 20.1 Å². The smallest absolute Gasteiger partial charge is 0.261 e. The highest BCUT2D eigenvalue weighted by molar-refractivity contribution is 6.31. The van der Waals surface area contributed by atoms with Crippen LogP contribution in [0.5, 0.6) is 0 Å². The van der Waals surface area contributed by atoms with Gasteiger partial charge in [0.1, 0.15) is 0 Å². The average Bonchev–Trinajstić information content (AvgIpc) is 2.46. The van der Waals surface area contributed by atoms with Crippen LogP contribution in [0.4, 0.5) is 0 Å². The van der Waals surface area contributed by atoms with E-state index in [9.17, 15) is 9.90 Å². The molecule has 2 heterocycles. The summed E-state index contributed by atoms with van der Waals surface area (Å²) in [6, 6.07) is 3.44. The number of aryl methyl sites for hydroxylation is 1. The van der Waals surface area contributed by atoms with Crippen molar-refractivity contribution in [2.24, 2.45) is 0 Å². The first kappa shape index (κ1) is 15.5. The Morgan fingerprint density at radius 2 is 2.05 bits per heavy atom. The predicted molar refractivity (Wildman–Crippen MR) is 87.4 cm³/mol. The molecule has 0 aliphatic carbocycles. The molecule has 6 heteroatoms. The molecule has 5 nitrogen and oxygen atoms in total. The molecule has 0 atom stereocenters. The Morgan fingerprint density at radius 1 is 1.36 bits per heavy atom. The highest BCUT2D eigenvalue weighted by Crippen LogP contribution is 2.24. The Kier molecular flexibility index (Phi) is 3.97. The van der Waals surface area contributed by atoms with Gasteiger partial charge in [-0.15, -0.1) is 0 Å². The summed E-state index contributed by atoms with van der Waals surface area (Å²) in [6.45, 7) is 3.82. The summed E-state index contributed by atoms with van der Waals surface area (Å²) in [7, 11) is 2.04. The van der Waals surface area contributed by atoms with Gasteiger partial charge in [-0.3, -0.25) is 9.36 Å².